The standard InChI is InChI=1S/C12H12BrF3N2O3/c1-6(5-12(14,15)16)17-11(21)18-7-2-3-9(13)8(4-7)10(19)20/h2-4,6H,5H2,1H3,(H,19,20)(H2,17,18,21). The molecule has 1 aromatic carbocycles. The van der Waals surface area contributed by atoms with Crippen LogP contribution in [0.3, 0.4) is 0 Å². The smallest absolute Gasteiger partial charge is 0.391 e. The van der Waals surface area contributed by atoms with Crippen LogP contribution in [0, 0.1) is 0 Å². The van der Waals surface area contributed by atoms with E-state index in [1.54, 1.807) is 0 Å². The van der Waals surface area contributed by atoms with Gasteiger partial charge < -0.3 is 15.7 Å². The lowest BCUT2D eigenvalue weighted by molar-refractivity contribution is -0.138. The molecule has 1 atom stereocenters. The largest absolute Gasteiger partial charge is 0.478 e. The summed E-state index contributed by atoms with van der Waals surface area (Å²) in [6, 6.07) is 2.09. The number of nitrogens with one attached hydrogen (secondary N) is 2. The van der Waals surface area contributed by atoms with Crippen molar-refractivity contribution in [3.05, 3.63) is 28.2 Å². The molecule has 0 bridgehead atoms. The Balaban J connectivity index is 2.67. The number of hydrogen-bond donors (Lipinski definition) is 3. The molecule has 9 heteroatoms. The van der Waals surface area contributed by atoms with Crippen molar-refractivity contribution in [1.82, 2.24) is 5.32 Å². The van der Waals surface area contributed by atoms with Crippen molar-refractivity contribution in [2.24, 2.45) is 0 Å². The number of rotatable bonds is 4. The quantitative estimate of drug-likeness (QED) is 0.759. The molecule has 1 aromatic rings. The molecule has 0 saturated carbocycles. The van der Waals surface area contributed by atoms with Gasteiger partial charge >= 0.3 is 18.2 Å². The zero-order valence-electron chi connectivity index (χ0n) is 10.8. The van der Waals surface area contributed by atoms with Crippen molar-refractivity contribution in [2.75, 3.05) is 5.32 Å². The Morgan fingerprint density at radius 2 is 2.00 bits per heavy atom. The molecule has 0 fully saturated rings. The van der Waals surface area contributed by atoms with Crippen LogP contribution in [0.15, 0.2) is 22.7 Å². The molecule has 21 heavy (non-hydrogen) atoms. The highest BCUT2D eigenvalue weighted by Gasteiger charge is 2.30. The van der Waals surface area contributed by atoms with E-state index in [2.05, 4.69) is 26.6 Å². The molecule has 1 rings (SSSR count). The molecule has 0 spiro atoms. The van der Waals surface area contributed by atoms with E-state index in [4.69, 9.17) is 5.11 Å². The summed E-state index contributed by atoms with van der Waals surface area (Å²) >= 11 is 3.04. The number of alkyl halides is 3. The van der Waals surface area contributed by atoms with Crippen molar-refractivity contribution in [3.8, 4) is 0 Å². The van der Waals surface area contributed by atoms with E-state index >= 15 is 0 Å². The molecule has 0 radical (unpaired) electrons. The van der Waals surface area contributed by atoms with Gasteiger partial charge in [-0.3, -0.25) is 0 Å². The van der Waals surface area contributed by atoms with Crippen LogP contribution in [0.4, 0.5) is 23.7 Å². The summed E-state index contributed by atoms with van der Waals surface area (Å²) in [5, 5.41) is 13.3. The number of aromatic carboxylic acids is 1. The number of benzene rings is 1. The maximum absolute atomic E-state index is 12.1. The number of anilines is 1. The zero-order chi connectivity index (χ0) is 16.2. The third-order valence-corrected chi connectivity index (χ3v) is 3.06. The lowest BCUT2D eigenvalue weighted by atomic mass is 10.2. The van der Waals surface area contributed by atoms with E-state index in [0.29, 0.717) is 4.47 Å². The van der Waals surface area contributed by atoms with Crippen molar-refractivity contribution in [3.63, 3.8) is 0 Å². The summed E-state index contributed by atoms with van der Waals surface area (Å²) in [5.74, 6) is -1.20. The second-order valence-corrected chi connectivity index (χ2v) is 5.17. The maximum Gasteiger partial charge on any atom is 0.391 e. The van der Waals surface area contributed by atoms with Crippen molar-refractivity contribution < 1.29 is 27.9 Å². The monoisotopic (exact) mass is 368 g/mol. The fourth-order valence-electron chi connectivity index (χ4n) is 1.56. The summed E-state index contributed by atoms with van der Waals surface area (Å²) in [6.07, 6.45) is -5.53. The Morgan fingerprint density at radius 1 is 1.38 bits per heavy atom. The number of urea groups is 1. The minimum Gasteiger partial charge on any atom is -0.478 e. The van der Waals surface area contributed by atoms with Crippen LogP contribution in [-0.2, 0) is 0 Å². The summed E-state index contributed by atoms with van der Waals surface area (Å²) in [5.41, 5.74) is 0.0865. The first-order chi connectivity index (χ1) is 9.58. The molecule has 1 unspecified atom stereocenters. The Morgan fingerprint density at radius 3 is 2.52 bits per heavy atom. The van der Waals surface area contributed by atoms with Gasteiger partial charge in [-0.2, -0.15) is 13.2 Å². The van der Waals surface area contributed by atoms with Gasteiger partial charge in [0.25, 0.3) is 0 Å². The number of halogens is 4. The van der Waals surface area contributed by atoms with Crippen LogP contribution in [0.5, 0.6) is 0 Å². The van der Waals surface area contributed by atoms with Crippen LogP contribution in [0.25, 0.3) is 0 Å². The summed E-state index contributed by atoms with van der Waals surface area (Å²) in [7, 11) is 0. The van der Waals surface area contributed by atoms with Gasteiger partial charge in [-0.05, 0) is 41.1 Å². The molecule has 3 N–H and O–H groups in total. The normalized spacial score (nSPS) is 12.6. The van der Waals surface area contributed by atoms with Crippen molar-refractivity contribution in [1.29, 1.82) is 0 Å². The molecular weight excluding hydrogens is 357 g/mol. The van der Waals surface area contributed by atoms with Gasteiger partial charge in [-0.15, -0.1) is 0 Å². The van der Waals surface area contributed by atoms with E-state index in [1.807, 2.05) is 0 Å². The first kappa shape index (κ1) is 17.3. The van der Waals surface area contributed by atoms with E-state index < -0.39 is 30.6 Å². The first-order valence-electron chi connectivity index (χ1n) is 5.75. The lowest BCUT2D eigenvalue weighted by Gasteiger charge is -2.16. The minimum atomic E-state index is -4.37. The average molecular weight is 369 g/mol. The van der Waals surface area contributed by atoms with Crippen molar-refractivity contribution in [2.45, 2.75) is 25.6 Å². The van der Waals surface area contributed by atoms with Crippen LogP contribution in [0.1, 0.15) is 23.7 Å². The SMILES string of the molecule is CC(CC(F)(F)F)NC(=O)Nc1ccc(Br)c(C(=O)O)c1. The molecular formula is C12H12BrF3N2O3. The molecule has 0 saturated heterocycles. The summed E-state index contributed by atoms with van der Waals surface area (Å²) < 4.78 is 36.7. The molecule has 116 valence electrons. The molecule has 2 amide bonds. The third kappa shape index (κ3) is 6.03. The molecule has 0 aliphatic rings. The minimum absolute atomic E-state index is 0.0730. The van der Waals surface area contributed by atoms with Crippen LogP contribution >= 0.6 is 15.9 Å². The topological polar surface area (TPSA) is 78.4 Å². The van der Waals surface area contributed by atoms with Crippen LogP contribution in [0.2, 0.25) is 0 Å². The van der Waals surface area contributed by atoms with Gasteiger partial charge in [0, 0.05) is 16.2 Å². The third-order valence-electron chi connectivity index (χ3n) is 2.37. The Bertz CT molecular complexity index is 549. The Kier molecular flexibility index (Phi) is 5.59. The second-order valence-electron chi connectivity index (χ2n) is 4.32. The number of carbonyl (C=O) groups excluding carboxylic acids is 1. The highest BCUT2D eigenvalue weighted by atomic mass is 79.9. The fraction of sp³-hybridized carbons (Fsp3) is 0.333. The number of carboxylic acids is 1. The van der Waals surface area contributed by atoms with Gasteiger partial charge in [-0.1, -0.05) is 0 Å². The predicted octanol–water partition coefficient (Wildman–Crippen LogP) is 3.61. The summed E-state index contributed by atoms with van der Waals surface area (Å²) in [6.45, 7) is 1.22. The highest BCUT2D eigenvalue weighted by molar-refractivity contribution is 9.10. The van der Waals surface area contributed by atoms with Gasteiger partial charge in [-0.25, -0.2) is 9.59 Å². The Hall–Kier alpha value is -1.77. The average Bonchev–Trinajstić information content (AvgIpc) is 2.28. The van der Waals surface area contributed by atoms with E-state index in [1.165, 1.54) is 25.1 Å². The first-order valence-corrected chi connectivity index (χ1v) is 6.55. The van der Waals surface area contributed by atoms with E-state index in [-0.39, 0.29) is 11.3 Å². The molecule has 0 aliphatic heterocycles. The van der Waals surface area contributed by atoms with E-state index in [0.717, 1.165) is 0 Å². The highest BCUT2D eigenvalue weighted by Crippen LogP contribution is 2.22. The zero-order valence-corrected chi connectivity index (χ0v) is 12.4. The van der Waals surface area contributed by atoms with Gasteiger partial charge in [0.1, 0.15) is 0 Å². The lowest BCUT2D eigenvalue weighted by Crippen LogP contribution is -2.38. The summed E-state index contributed by atoms with van der Waals surface area (Å²) in [4.78, 5) is 22.4. The number of carbonyl (C=O) groups is 2. The molecule has 0 aliphatic carbocycles. The number of carboxylic acid groups (broad SMARTS) is 1. The van der Waals surface area contributed by atoms with Gasteiger partial charge in [0.15, 0.2) is 0 Å². The fourth-order valence-corrected chi connectivity index (χ4v) is 1.97. The van der Waals surface area contributed by atoms with Crippen LogP contribution in [-0.4, -0.2) is 29.3 Å². The molecule has 5 nitrogen and oxygen atoms in total. The molecule has 0 heterocycles. The molecule has 0 aromatic heterocycles. The maximum atomic E-state index is 12.1. The van der Waals surface area contributed by atoms with Crippen LogP contribution < -0.4 is 10.6 Å². The van der Waals surface area contributed by atoms with Crippen molar-refractivity contribution >= 4 is 33.6 Å². The van der Waals surface area contributed by atoms with Gasteiger partial charge in [0.05, 0.1) is 12.0 Å². The number of hydrogen-bond acceptors (Lipinski definition) is 2. The predicted molar refractivity (Wildman–Crippen MR) is 73.4 cm³/mol. The second kappa shape index (κ2) is 6.79. The van der Waals surface area contributed by atoms with E-state index in [9.17, 15) is 22.8 Å². The Labute approximate surface area is 126 Å². The number of amides is 2. The van der Waals surface area contributed by atoms with Gasteiger partial charge in [0.2, 0.25) is 0 Å².